The van der Waals surface area contributed by atoms with Crippen LogP contribution in [0.4, 0.5) is 0 Å². The highest BCUT2D eigenvalue weighted by atomic mass is 35.5. The van der Waals surface area contributed by atoms with E-state index in [0.29, 0.717) is 15.6 Å². The molecule has 0 amide bonds. The number of Topliss-reactive ketones (excluding diaryl/α,β-unsaturated/α-hetero) is 1. The summed E-state index contributed by atoms with van der Waals surface area (Å²) in [4.78, 5) is 15.3. The van der Waals surface area contributed by atoms with Crippen molar-refractivity contribution in [3.8, 4) is 11.1 Å². The summed E-state index contributed by atoms with van der Waals surface area (Å²) < 4.78 is 0. The van der Waals surface area contributed by atoms with E-state index in [2.05, 4.69) is 4.98 Å². The number of nitrogens with zero attached hydrogens (tertiary/aromatic N) is 1. The Bertz CT molecular complexity index is 581. The average Bonchev–Trinajstić information content (AvgIpc) is 2.33. The Morgan fingerprint density at radius 2 is 1.82 bits per heavy atom. The number of ketones is 1. The summed E-state index contributed by atoms with van der Waals surface area (Å²) in [7, 11) is 0. The van der Waals surface area contributed by atoms with E-state index in [-0.39, 0.29) is 5.78 Å². The fraction of sp³-hybridized carbons (Fsp3) is 0.0769. The minimum atomic E-state index is -0.0144. The van der Waals surface area contributed by atoms with Crippen molar-refractivity contribution in [1.82, 2.24) is 4.98 Å². The van der Waals surface area contributed by atoms with Crippen LogP contribution in [0.1, 0.15) is 17.3 Å². The maximum atomic E-state index is 11.3. The van der Waals surface area contributed by atoms with E-state index in [1.807, 2.05) is 6.07 Å². The van der Waals surface area contributed by atoms with Crippen LogP contribution >= 0.6 is 23.2 Å². The van der Waals surface area contributed by atoms with Crippen LogP contribution in [0.3, 0.4) is 0 Å². The summed E-state index contributed by atoms with van der Waals surface area (Å²) in [5.74, 6) is -0.0144. The van der Waals surface area contributed by atoms with Gasteiger partial charge in [0.25, 0.3) is 0 Å². The van der Waals surface area contributed by atoms with Crippen LogP contribution in [-0.2, 0) is 0 Å². The van der Waals surface area contributed by atoms with Gasteiger partial charge >= 0.3 is 0 Å². The minimum Gasteiger partial charge on any atom is -0.294 e. The largest absolute Gasteiger partial charge is 0.294 e. The standard InChI is InChI=1S/C13H9Cl2NO/c1-8(17)10-4-11(7-16-6-10)9-2-3-12(14)13(15)5-9/h2-7H,1H3. The van der Waals surface area contributed by atoms with E-state index in [4.69, 9.17) is 23.2 Å². The fourth-order valence-corrected chi connectivity index (χ4v) is 1.76. The first-order valence-corrected chi connectivity index (χ1v) is 5.75. The molecule has 0 bridgehead atoms. The first kappa shape index (κ1) is 12.1. The average molecular weight is 266 g/mol. The van der Waals surface area contributed by atoms with Crippen molar-refractivity contribution >= 4 is 29.0 Å². The van der Waals surface area contributed by atoms with Gasteiger partial charge < -0.3 is 0 Å². The highest BCUT2D eigenvalue weighted by Gasteiger charge is 2.05. The predicted molar refractivity (Wildman–Crippen MR) is 69.7 cm³/mol. The van der Waals surface area contributed by atoms with Gasteiger partial charge in [-0.05, 0) is 30.7 Å². The van der Waals surface area contributed by atoms with Crippen molar-refractivity contribution in [2.45, 2.75) is 6.92 Å². The number of rotatable bonds is 2. The number of carbonyl (C=O) groups is 1. The number of halogens is 2. The highest BCUT2D eigenvalue weighted by molar-refractivity contribution is 6.42. The number of pyridine rings is 1. The molecule has 4 heteroatoms. The number of aromatic nitrogens is 1. The molecule has 0 spiro atoms. The minimum absolute atomic E-state index is 0.0144. The van der Waals surface area contributed by atoms with Gasteiger partial charge in [0.2, 0.25) is 0 Å². The first-order chi connectivity index (χ1) is 8.08. The van der Waals surface area contributed by atoms with E-state index in [9.17, 15) is 4.79 Å². The Balaban J connectivity index is 2.49. The van der Waals surface area contributed by atoms with E-state index < -0.39 is 0 Å². The Hall–Kier alpha value is -1.38. The molecule has 1 aromatic carbocycles. The van der Waals surface area contributed by atoms with Gasteiger partial charge in [0.05, 0.1) is 10.0 Å². The van der Waals surface area contributed by atoms with E-state index >= 15 is 0 Å². The maximum Gasteiger partial charge on any atom is 0.161 e. The van der Waals surface area contributed by atoms with Crippen molar-refractivity contribution in [3.05, 3.63) is 52.3 Å². The van der Waals surface area contributed by atoms with E-state index in [0.717, 1.165) is 11.1 Å². The Morgan fingerprint density at radius 1 is 1.06 bits per heavy atom. The Labute approximate surface area is 109 Å². The number of carbonyl (C=O) groups excluding carboxylic acids is 1. The lowest BCUT2D eigenvalue weighted by molar-refractivity contribution is 0.101. The van der Waals surface area contributed by atoms with Gasteiger partial charge in [-0.3, -0.25) is 9.78 Å². The summed E-state index contributed by atoms with van der Waals surface area (Å²) in [6, 6.07) is 7.11. The third-order valence-electron chi connectivity index (χ3n) is 2.40. The molecule has 0 fully saturated rings. The monoisotopic (exact) mass is 265 g/mol. The third kappa shape index (κ3) is 2.65. The van der Waals surface area contributed by atoms with Crippen molar-refractivity contribution in [1.29, 1.82) is 0 Å². The lowest BCUT2D eigenvalue weighted by Crippen LogP contribution is -1.93. The molecular weight excluding hydrogens is 257 g/mol. The zero-order valence-corrected chi connectivity index (χ0v) is 10.6. The molecule has 2 nitrogen and oxygen atoms in total. The van der Waals surface area contributed by atoms with Gasteiger partial charge in [-0.15, -0.1) is 0 Å². The van der Waals surface area contributed by atoms with Gasteiger partial charge in [0.15, 0.2) is 5.78 Å². The Kier molecular flexibility index (Phi) is 3.46. The normalized spacial score (nSPS) is 10.3. The molecule has 0 radical (unpaired) electrons. The molecule has 1 aromatic heterocycles. The predicted octanol–water partition coefficient (Wildman–Crippen LogP) is 4.26. The van der Waals surface area contributed by atoms with Crippen molar-refractivity contribution in [3.63, 3.8) is 0 Å². The van der Waals surface area contributed by atoms with Crippen molar-refractivity contribution < 1.29 is 4.79 Å². The lowest BCUT2D eigenvalue weighted by atomic mass is 10.1. The molecule has 0 aliphatic heterocycles. The summed E-state index contributed by atoms with van der Waals surface area (Å²) in [5, 5.41) is 0.989. The fourth-order valence-electron chi connectivity index (χ4n) is 1.47. The molecule has 0 aliphatic rings. The SMILES string of the molecule is CC(=O)c1cncc(-c2ccc(Cl)c(Cl)c2)c1. The molecule has 0 saturated heterocycles. The topological polar surface area (TPSA) is 30.0 Å². The number of hydrogen-bond donors (Lipinski definition) is 0. The van der Waals surface area contributed by atoms with Crippen LogP contribution in [-0.4, -0.2) is 10.8 Å². The zero-order chi connectivity index (χ0) is 12.4. The van der Waals surface area contributed by atoms with Crippen molar-refractivity contribution in [2.24, 2.45) is 0 Å². The second-order valence-corrected chi connectivity index (χ2v) is 4.46. The molecule has 1 heterocycles. The smallest absolute Gasteiger partial charge is 0.161 e. The molecule has 2 rings (SSSR count). The molecule has 0 unspecified atom stereocenters. The van der Waals surface area contributed by atoms with Crippen LogP contribution in [0.2, 0.25) is 10.0 Å². The molecule has 0 aliphatic carbocycles. The lowest BCUT2D eigenvalue weighted by Gasteiger charge is -2.04. The molecule has 0 N–H and O–H groups in total. The van der Waals surface area contributed by atoms with Crippen LogP contribution in [0.5, 0.6) is 0 Å². The van der Waals surface area contributed by atoms with Crippen LogP contribution in [0.15, 0.2) is 36.7 Å². The van der Waals surface area contributed by atoms with Crippen LogP contribution in [0.25, 0.3) is 11.1 Å². The summed E-state index contributed by atoms with van der Waals surface area (Å²) in [6.07, 6.45) is 3.23. The second kappa shape index (κ2) is 4.86. The molecular formula is C13H9Cl2NO. The highest BCUT2D eigenvalue weighted by Crippen LogP contribution is 2.28. The number of benzene rings is 1. The Morgan fingerprint density at radius 3 is 2.47 bits per heavy atom. The maximum absolute atomic E-state index is 11.3. The van der Waals surface area contributed by atoms with Gasteiger partial charge in [0.1, 0.15) is 0 Å². The van der Waals surface area contributed by atoms with Crippen LogP contribution < -0.4 is 0 Å². The van der Waals surface area contributed by atoms with Gasteiger partial charge in [-0.1, -0.05) is 29.3 Å². The molecule has 0 saturated carbocycles. The molecule has 86 valence electrons. The van der Waals surface area contributed by atoms with E-state index in [1.54, 1.807) is 30.6 Å². The third-order valence-corrected chi connectivity index (χ3v) is 3.14. The molecule has 2 aromatic rings. The zero-order valence-electron chi connectivity index (χ0n) is 9.08. The van der Waals surface area contributed by atoms with Gasteiger partial charge in [0, 0.05) is 23.5 Å². The molecule has 17 heavy (non-hydrogen) atoms. The molecule has 0 atom stereocenters. The van der Waals surface area contributed by atoms with Gasteiger partial charge in [-0.2, -0.15) is 0 Å². The van der Waals surface area contributed by atoms with Crippen LogP contribution in [0, 0.1) is 0 Å². The quantitative estimate of drug-likeness (QED) is 0.760. The van der Waals surface area contributed by atoms with E-state index in [1.165, 1.54) is 6.92 Å². The second-order valence-electron chi connectivity index (χ2n) is 3.65. The summed E-state index contributed by atoms with van der Waals surface area (Å²) in [5.41, 5.74) is 2.31. The summed E-state index contributed by atoms with van der Waals surface area (Å²) >= 11 is 11.8. The first-order valence-electron chi connectivity index (χ1n) is 4.99. The van der Waals surface area contributed by atoms with Crippen molar-refractivity contribution in [2.75, 3.05) is 0 Å². The van der Waals surface area contributed by atoms with Gasteiger partial charge in [-0.25, -0.2) is 0 Å². The number of hydrogen-bond acceptors (Lipinski definition) is 2. The summed E-state index contributed by atoms with van der Waals surface area (Å²) in [6.45, 7) is 1.51.